The van der Waals surface area contributed by atoms with Crippen LogP contribution >= 0.6 is 0 Å². The fourth-order valence-electron chi connectivity index (χ4n) is 7.82. The standard InChI is InChI=1S/C26H34O12/c1-23-8-13(12-5-7-34-10-12)37-22(32)26(23,33)19(31)20-24(2)15(23)4-3-6-25(24,11-35-20)38-21-18(30)17(29)16(28)14(9-27)36-21/h3,5-7,10,13-21,27-31,33H,4,8-9,11H2,1-2H3/t13-,14-,15+,16-,17+,18-,19+,20-,21+,23+,24+,25+,26+/m1/s1. The summed E-state index contributed by atoms with van der Waals surface area (Å²) in [6.45, 7) is 2.88. The lowest BCUT2D eigenvalue weighted by molar-refractivity contribution is -0.345. The molecule has 3 aliphatic heterocycles. The van der Waals surface area contributed by atoms with Crippen LogP contribution in [0.15, 0.2) is 35.2 Å². The molecule has 4 heterocycles. The molecule has 3 saturated heterocycles. The molecule has 0 amide bonds. The minimum absolute atomic E-state index is 0.111. The van der Waals surface area contributed by atoms with Crippen molar-refractivity contribution < 1.29 is 58.8 Å². The average Bonchev–Trinajstić information content (AvgIpc) is 3.52. The fourth-order valence-corrected chi connectivity index (χ4v) is 7.82. The zero-order valence-corrected chi connectivity index (χ0v) is 21.0. The summed E-state index contributed by atoms with van der Waals surface area (Å²) >= 11 is 0. The first-order chi connectivity index (χ1) is 17.9. The van der Waals surface area contributed by atoms with Crippen LogP contribution in [-0.2, 0) is 23.7 Å². The van der Waals surface area contributed by atoms with Crippen molar-refractivity contribution in [1.82, 2.24) is 0 Å². The quantitative estimate of drug-likeness (QED) is 0.201. The molecule has 0 unspecified atom stereocenters. The van der Waals surface area contributed by atoms with Gasteiger partial charge in [-0.25, -0.2) is 4.79 Å². The molecule has 0 spiro atoms. The van der Waals surface area contributed by atoms with Crippen molar-refractivity contribution in [3.8, 4) is 0 Å². The minimum atomic E-state index is -2.27. The lowest BCUT2D eigenvalue weighted by atomic mass is 9.41. The Hall–Kier alpha value is -1.87. The third kappa shape index (κ3) is 3.09. The molecule has 13 atom stereocenters. The molecule has 1 aromatic heterocycles. The van der Waals surface area contributed by atoms with E-state index in [9.17, 15) is 35.4 Å². The van der Waals surface area contributed by atoms with Crippen LogP contribution in [0.3, 0.4) is 0 Å². The summed E-state index contributed by atoms with van der Waals surface area (Å²) in [5.74, 6) is -1.43. The van der Waals surface area contributed by atoms with Crippen molar-refractivity contribution in [2.24, 2.45) is 16.7 Å². The number of carbonyl (C=O) groups is 1. The van der Waals surface area contributed by atoms with Crippen LogP contribution in [0.4, 0.5) is 0 Å². The molecule has 0 radical (unpaired) electrons. The third-order valence-electron chi connectivity index (χ3n) is 10.1. The summed E-state index contributed by atoms with van der Waals surface area (Å²) in [6, 6.07) is 1.68. The van der Waals surface area contributed by atoms with Crippen molar-refractivity contribution in [3.05, 3.63) is 36.3 Å². The van der Waals surface area contributed by atoms with Crippen LogP contribution in [0.2, 0.25) is 0 Å². The minimum Gasteiger partial charge on any atom is -0.472 e. The van der Waals surface area contributed by atoms with Gasteiger partial charge in [-0.1, -0.05) is 26.0 Å². The van der Waals surface area contributed by atoms with Gasteiger partial charge in [-0.05, 0) is 24.8 Å². The van der Waals surface area contributed by atoms with Crippen LogP contribution in [0.5, 0.6) is 0 Å². The average molecular weight is 539 g/mol. The summed E-state index contributed by atoms with van der Waals surface area (Å²) in [5.41, 5.74) is -5.21. The van der Waals surface area contributed by atoms with Crippen molar-refractivity contribution in [2.75, 3.05) is 13.2 Å². The predicted octanol–water partition coefficient (Wildman–Crippen LogP) is -1.08. The number of esters is 1. The number of hydrogen-bond acceptors (Lipinski definition) is 12. The topological polar surface area (TPSA) is 189 Å². The molecule has 0 aromatic carbocycles. The molecular formula is C26H34O12. The Morgan fingerprint density at radius 3 is 2.58 bits per heavy atom. The van der Waals surface area contributed by atoms with E-state index >= 15 is 0 Å². The van der Waals surface area contributed by atoms with Gasteiger partial charge in [0.15, 0.2) is 11.9 Å². The van der Waals surface area contributed by atoms with Gasteiger partial charge in [0.05, 0.1) is 31.8 Å². The van der Waals surface area contributed by atoms with E-state index in [4.69, 9.17) is 23.4 Å². The fraction of sp³-hybridized carbons (Fsp3) is 0.731. The molecule has 6 rings (SSSR count). The number of cyclic esters (lactones) is 1. The zero-order chi connectivity index (χ0) is 27.3. The maximum atomic E-state index is 13.4. The van der Waals surface area contributed by atoms with E-state index in [-0.39, 0.29) is 13.0 Å². The van der Waals surface area contributed by atoms with Crippen molar-refractivity contribution >= 4 is 5.97 Å². The highest BCUT2D eigenvalue weighted by Crippen LogP contribution is 2.70. The number of allylic oxidation sites excluding steroid dienone is 1. The zero-order valence-electron chi connectivity index (χ0n) is 21.0. The van der Waals surface area contributed by atoms with Crippen molar-refractivity contribution in [1.29, 1.82) is 0 Å². The Kier molecular flexibility index (Phi) is 5.94. The van der Waals surface area contributed by atoms with E-state index in [0.717, 1.165) is 0 Å². The van der Waals surface area contributed by atoms with E-state index in [1.54, 1.807) is 19.1 Å². The first kappa shape index (κ1) is 26.4. The molecule has 2 aliphatic carbocycles. The molecule has 1 saturated carbocycles. The molecule has 4 fully saturated rings. The van der Waals surface area contributed by atoms with Gasteiger partial charge in [-0.2, -0.15) is 0 Å². The lowest BCUT2D eigenvalue weighted by Crippen LogP contribution is -2.79. The normalized spacial score (nSPS) is 53.8. The first-order valence-corrected chi connectivity index (χ1v) is 12.9. The van der Waals surface area contributed by atoms with Crippen LogP contribution in [0, 0.1) is 16.7 Å². The van der Waals surface area contributed by atoms with Crippen LogP contribution in [0.1, 0.15) is 38.4 Å². The SMILES string of the molecule is C[C@]12[C@@H]3OC[C@@]1(O[C@@H]1O[C@H](CO)[C@@H](O)[C@H](O)[C@H]1O)C=CC[C@H]2[C@]1(C)C[C@H](c2ccoc2)OC(=O)[C@@]1(O)[C@H]3O. The summed E-state index contributed by atoms with van der Waals surface area (Å²) in [5, 5.41) is 64.3. The highest BCUT2D eigenvalue weighted by atomic mass is 16.7. The molecule has 5 aliphatic rings. The molecule has 12 heteroatoms. The van der Waals surface area contributed by atoms with E-state index in [2.05, 4.69) is 0 Å². The Balaban J connectivity index is 1.41. The number of fused-ring (bicyclic) bond motifs is 2. The number of ether oxygens (including phenoxy) is 4. The second kappa shape index (κ2) is 8.56. The van der Waals surface area contributed by atoms with Gasteiger partial charge in [-0.15, -0.1) is 0 Å². The lowest BCUT2D eigenvalue weighted by Gasteiger charge is -2.66. The second-order valence-corrected chi connectivity index (χ2v) is 11.7. The van der Waals surface area contributed by atoms with E-state index in [1.807, 2.05) is 13.0 Å². The number of furan rings is 1. The summed E-state index contributed by atoms with van der Waals surface area (Å²) < 4.78 is 28.9. The molecule has 1 aromatic rings. The third-order valence-corrected chi connectivity index (χ3v) is 10.1. The Bertz CT molecular complexity index is 1110. The Labute approximate surface area is 218 Å². The number of carbonyl (C=O) groups excluding carboxylic acids is 1. The van der Waals surface area contributed by atoms with Crippen molar-refractivity contribution in [3.63, 3.8) is 0 Å². The van der Waals surface area contributed by atoms with Crippen molar-refractivity contribution in [2.45, 2.75) is 86.9 Å². The van der Waals surface area contributed by atoms with Gasteiger partial charge < -0.3 is 54.0 Å². The molecule has 0 bridgehead atoms. The Morgan fingerprint density at radius 2 is 1.89 bits per heavy atom. The van der Waals surface area contributed by atoms with E-state index in [0.29, 0.717) is 12.0 Å². The highest BCUT2D eigenvalue weighted by molar-refractivity contribution is 5.83. The van der Waals surface area contributed by atoms with Crippen LogP contribution in [-0.4, -0.2) is 104 Å². The summed E-state index contributed by atoms with van der Waals surface area (Å²) in [7, 11) is 0. The molecule has 12 nitrogen and oxygen atoms in total. The number of aliphatic hydroxyl groups is 6. The predicted molar refractivity (Wildman–Crippen MR) is 124 cm³/mol. The summed E-state index contributed by atoms with van der Waals surface area (Å²) in [4.78, 5) is 13.4. The maximum absolute atomic E-state index is 13.4. The number of hydrogen-bond donors (Lipinski definition) is 6. The van der Waals surface area contributed by atoms with Crippen LogP contribution < -0.4 is 0 Å². The molecule has 38 heavy (non-hydrogen) atoms. The van der Waals surface area contributed by atoms with Gasteiger partial charge in [0, 0.05) is 16.4 Å². The van der Waals surface area contributed by atoms with Gasteiger partial charge in [0.1, 0.15) is 42.2 Å². The van der Waals surface area contributed by atoms with Crippen LogP contribution in [0.25, 0.3) is 0 Å². The van der Waals surface area contributed by atoms with Gasteiger partial charge in [0.2, 0.25) is 0 Å². The monoisotopic (exact) mass is 538 g/mol. The molecule has 210 valence electrons. The van der Waals surface area contributed by atoms with Gasteiger partial charge in [0.25, 0.3) is 0 Å². The maximum Gasteiger partial charge on any atom is 0.342 e. The first-order valence-electron chi connectivity index (χ1n) is 12.9. The highest BCUT2D eigenvalue weighted by Gasteiger charge is 2.80. The summed E-state index contributed by atoms with van der Waals surface area (Å²) in [6.07, 6.45) is -3.74. The van der Waals surface area contributed by atoms with Gasteiger partial charge in [-0.3, -0.25) is 0 Å². The van der Waals surface area contributed by atoms with Gasteiger partial charge >= 0.3 is 5.97 Å². The smallest absolute Gasteiger partial charge is 0.342 e. The number of aliphatic hydroxyl groups excluding tert-OH is 5. The molecule has 6 N–H and O–H groups in total. The second-order valence-electron chi connectivity index (χ2n) is 11.7. The molecular weight excluding hydrogens is 504 g/mol. The van der Waals surface area contributed by atoms with E-state index in [1.165, 1.54) is 12.5 Å². The largest absolute Gasteiger partial charge is 0.472 e. The number of rotatable bonds is 4. The van der Waals surface area contributed by atoms with E-state index < -0.39 is 89.5 Å². The Morgan fingerprint density at radius 1 is 1.13 bits per heavy atom.